The van der Waals surface area contributed by atoms with Gasteiger partial charge < -0.3 is 5.73 Å². The molecule has 0 radical (unpaired) electrons. The maximum Gasteiger partial charge on any atom is 0.171 e. The summed E-state index contributed by atoms with van der Waals surface area (Å²) >= 11 is 5.10. The number of rotatable bonds is 2. The van der Waals surface area contributed by atoms with Gasteiger partial charge in [-0.05, 0) is 40.9 Å². The standard InChI is InChI=1S/C13H14BrN3S/c14-11-6-5-10(18-11)13-16-9(7-12(15)17-13)8-3-1-2-4-8/h5-8H,1-4H2,(H2,15,16,17). The minimum absolute atomic E-state index is 0.567. The van der Waals surface area contributed by atoms with E-state index in [0.717, 1.165) is 20.2 Å². The molecule has 94 valence electrons. The Morgan fingerprint density at radius 1 is 1.22 bits per heavy atom. The van der Waals surface area contributed by atoms with Crippen LogP contribution in [0.5, 0.6) is 0 Å². The SMILES string of the molecule is Nc1cc(C2CCCC2)nc(-c2ccc(Br)s2)n1. The van der Waals surface area contributed by atoms with Gasteiger partial charge in [0.05, 0.1) is 8.66 Å². The Bertz CT molecular complexity index is 561. The van der Waals surface area contributed by atoms with Crippen molar-refractivity contribution >= 4 is 33.1 Å². The Balaban J connectivity index is 1.99. The fourth-order valence-electron chi connectivity index (χ4n) is 2.46. The van der Waals surface area contributed by atoms with Gasteiger partial charge in [-0.15, -0.1) is 11.3 Å². The molecular formula is C13H14BrN3S. The van der Waals surface area contributed by atoms with Gasteiger partial charge in [0.15, 0.2) is 5.82 Å². The van der Waals surface area contributed by atoms with Gasteiger partial charge in [-0.2, -0.15) is 0 Å². The first-order chi connectivity index (χ1) is 8.72. The quantitative estimate of drug-likeness (QED) is 0.900. The smallest absolute Gasteiger partial charge is 0.171 e. The van der Waals surface area contributed by atoms with Crippen LogP contribution in [0.3, 0.4) is 0 Å². The van der Waals surface area contributed by atoms with E-state index in [4.69, 9.17) is 10.7 Å². The van der Waals surface area contributed by atoms with Crippen molar-refractivity contribution in [2.45, 2.75) is 31.6 Å². The van der Waals surface area contributed by atoms with Crippen LogP contribution in [0, 0.1) is 0 Å². The Kier molecular flexibility index (Phi) is 3.35. The molecule has 18 heavy (non-hydrogen) atoms. The lowest BCUT2D eigenvalue weighted by Gasteiger charge is -2.10. The van der Waals surface area contributed by atoms with E-state index in [1.54, 1.807) is 11.3 Å². The van der Waals surface area contributed by atoms with Crippen LogP contribution >= 0.6 is 27.3 Å². The van der Waals surface area contributed by atoms with Crippen LogP contribution in [0.4, 0.5) is 5.82 Å². The molecule has 0 saturated heterocycles. The molecule has 2 aromatic rings. The summed E-state index contributed by atoms with van der Waals surface area (Å²) in [5, 5.41) is 0. The largest absolute Gasteiger partial charge is 0.384 e. The maximum absolute atomic E-state index is 5.91. The summed E-state index contributed by atoms with van der Waals surface area (Å²) in [6.45, 7) is 0. The first-order valence-electron chi connectivity index (χ1n) is 6.12. The summed E-state index contributed by atoms with van der Waals surface area (Å²) in [5.41, 5.74) is 7.02. The van der Waals surface area contributed by atoms with E-state index in [1.807, 2.05) is 18.2 Å². The second-order valence-corrected chi connectivity index (χ2v) is 7.09. The molecule has 2 heterocycles. The van der Waals surface area contributed by atoms with Gasteiger partial charge in [0, 0.05) is 17.7 Å². The summed E-state index contributed by atoms with van der Waals surface area (Å²) in [6.07, 6.45) is 5.05. The van der Waals surface area contributed by atoms with Crippen LogP contribution in [0.1, 0.15) is 37.3 Å². The van der Waals surface area contributed by atoms with Crippen molar-refractivity contribution in [3.05, 3.63) is 27.7 Å². The second-order valence-electron chi connectivity index (χ2n) is 4.63. The van der Waals surface area contributed by atoms with Gasteiger partial charge in [0.1, 0.15) is 5.82 Å². The van der Waals surface area contributed by atoms with E-state index in [1.165, 1.54) is 25.7 Å². The monoisotopic (exact) mass is 323 g/mol. The molecule has 5 heteroatoms. The van der Waals surface area contributed by atoms with Crippen molar-refractivity contribution in [2.24, 2.45) is 0 Å². The van der Waals surface area contributed by atoms with Crippen molar-refractivity contribution < 1.29 is 0 Å². The van der Waals surface area contributed by atoms with E-state index < -0.39 is 0 Å². The molecule has 2 aromatic heterocycles. The highest BCUT2D eigenvalue weighted by atomic mass is 79.9. The Morgan fingerprint density at radius 3 is 2.67 bits per heavy atom. The van der Waals surface area contributed by atoms with Crippen LogP contribution in [0.2, 0.25) is 0 Å². The molecule has 1 aliphatic rings. The highest BCUT2D eigenvalue weighted by molar-refractivity contribution is 9.11. The Morgan fingerprint density at radius 2 is 2.00 bits per heavy atom. The predicted octanol–water partition coefficient (Wildman–Crippen LogP) is 4.21. The van der Waals surface area contributed by atoms with Crippen molar-refractivity contribution in [1.82, 2.24) is 9.97 Å². The number of nitrogens with zero attached hydrogens (tertiary/aromatic N) is 2. The first-order valence-corrected chi connectivity index (χ1v) is 7.73. The van der Waals surface area contributed by atoms with Crippen molar-refractivity contribution in [3.8, 4) is 10.7 Å². The van der Waals surface area contributed by atoms with Crippen molar-refractivity contribution in [2.75, 3.05) is 5.73 Å². The molecule has 0 spiro atoms. The third kappa shape index (κ3) is 2.42. The topological polar surface area (TPSA) is 51.8 Å². The third-order valence-corrected chi connectivity index (χ3v) is 4.95. The molecule has 1 aliphatic carbocycles. The lowest BCUT2D eigenvalue weighted by atomic mass is 10.0. The number of anilines is 1. The number of hydrogen-bond acceptors (Lipinski definition) is 4. The van der Waals surface area contributed by atoms with Gasteiger partial charge in [-0.1, -0.05) is 12.8 Å². The van der Waals surface area contributed by atoms with Crippen molar-refractivity contribution in [1.29, 1.82) is 0 Å². The van der Waals surface area contributed by atoms with E-state index in [2.05, 4.69) is 20.9 Å². The predicted molar refractivity (Wildman–Crippen MR) is 78.7 cm³/mol. The zero-order chi connectivity index (χ0) is 12.5. The molecule has 0 atom stereocenters. The molecule has 0 amide bonds. The molecule has 1 saturated carbocycles. The Labute approximate surface area is 119 Å². The molecular weight excluding hydrogens is 310 g/mol. The van der Waals surface area contributed by atoms with Gasteiger partial charge in [-0.25, -0.2) is 9.97 Å². The summed E-state index contributed by atoms with van der Waals surface area (Å²) in [7, 11) is 0. The van der Waals surface area contributed by atoms with Gasteiger partial charge in [0.2, 0.25) is 0 Å². The number of nitrogen functional groups attached to an aromatic ring is 1. The number of thiophene rings is 1. The van der Waals surface area contributed by atoms with Crippen LogP contribution in [-0.4, -0.2) is 9.97 Å². The highest BCUT2D eigenvalue weighted by Gasteiger charge is 2.20. The average Bonchev–Trinajstić information content (AvgIpc) is 2.98. The fourth-order valence-corrected chi connectivity index (χ4v) is 3.78. The van der Waals surface area contributed by atoms with E-state index >= 15 is 0 Å². The lowest BCUT2D eigenvalue weighted by Crippen LogP contribution is -2.02. The van der Waals surface area contributed by atoms with Crippen LogP contribution in [-0.2, 0) is 0 Å². The third-order valence-electron chi connectivity index (χ3n) is 3.33. The summed E-state index contributed by atoms with van der Waals surface area (Å²) in [6, 6.07) is 5.98. The Hall–Kier alpha value is -0.940. The fraction of sp³-hybridized carbons (Fsp3) is 0.385. The number of hydrogen-bond donors (Lipinski definition) is 1. The highest BCUT2D eigenvalue weighted by Crippen LogP contribution is 2.35. The normalized spacial score (nSPS) is 16.3. The summed E-state index contributed by atoms with van der Waals surface area (Å²) in [4.78, 5) is 10.1. The van der Waals surface area contributed by atoms with Crippen LogP contribution in [0.25, 0.3) is 10.7 Å². The number of halogens is 1. The van der Waals surface area contributed by atoms with E-state index in [0.29, 0.717) is 11.7 Å². The minimum atomic E-state index is 0.567. The number of nitrogens with two attached hydrogens (primary N) is 1. The molecule has 1 fully saturated rings. The van der Waals surface area contributed by atoms with E-state index in [9.17, 15) is 0 Å². The molecule has 2 N–H and O–H groups in total. The van der Waals surface area contributed by atoms with E-state index in [-0.39, 0.29) is 0 Å². The molecule has 0 aliphatic heterocycles. The molecule has 3 nitrogen and oxygen atoms in total. The van der Waals surface area contributed by atoms with Gasteiger partial charge in [0.25, 0.3) is 0 Å². The molecule has 0 unspecified atom stereocenters. The molecule has 0 aromatic carbocycles. The maximum atomic E-state index is 5.91. The number of aromatic nitrogens is 2. The minimum Gasteiger partial charge on any atom is -0.384 e. The van der Waals surface area contributed by atoms with Crippen LogP contribution < -0.4 is 5.73 Å². The molecule has 3 rings (SSSR count). The van der Waals surface area contributed by atoms with Gasteiger partial charge in [-0.3, -0.25) is 0 Å². The second kappa shape index (κ2) is 4.97. The van der Waals surface area contributed by atoms with Gasteiger partial charge >= 0.3 is 0 Å². The van der Waals surface area contributed by atoms with Crippen molar-refractivity contribution in [3.63, 3.8) is 0 Å². The summed E-state index contributed by atoms with van der Waals surface area (Å²) < 4.78 is 1.09. The summed E-state index contributed by atoms with van der Waals surface area (Å²) in [5.74, 6) is 1.90. The zero-order valence-electron chi connectivity index (χ0n) is 9.90. The van der Waals surface area contributed by atoms with Crippen LogP contribution in [0.15, 0.2) is 22.0 Å². The lowest BCUT2D eigenvalue weighted by molar-refractivity contribution is 0.696. The average molecular weight is 324 g/mol. The zero-order valence-corrected chi connectivity index (χ0v) is 12.3. The first kappa shape index (κ1) is 12.1. The molecule has 0 bridgehead atoms.